The van der Waals surface area contributed by atoms with Gasteiger partial charge in [-0.1, -0.05) is 17.7 Å². The van der Waals surface area contributed by atoms with E-state index in [9.17, 15) is 0 Å². The predicted octanol–water partition coefficient (Wildman–Crippen LogP) is 2.34. The second-order valence-electron chi connectivity index (χ2n) is 4.27. The van der Waals surface area contributed by atoms with Crippen molar-refractivity contribution < 1.29 is 9.47 Å². The van der Waals surface area contributed by atoms with Gasteiger partial charge < -0.3 is 9.47 Å². The fourth-order valence-electron chi connectivity index (χ4n) is 2.04. The van der Waals surface area contributed by atoms with E-state index < -0.39 is 0 Å². The number of fused-ring (bicyclic) bond motifs is 1. The molecule has 0 amide bonds. The molecule has 2 rings (SSSR count). The van der Waals surface area contributed by atoms with Gasteiger partial charge in [-0.15, -0.1) is 0 Å². The van der Waals surface area contributed by atoms with E-state index in [1.54, 1.807) is 7.11 Å². The first-order valence-electron chi connectivity index (χ1n) is 4.90. The van der Waals surface area contributed by atoms with Gasteiger partial charge in [-0.05, 0) is 25.5 Å². The van der Waals surface area contributed by atoms with Crippen molar-refractivity contribution in [3.8, 4) is 5.75 Å². The van der Waals surface area contributed by atoms with E-state index >= 15 is 0 Å². The molecule has 76 valence electrons. The van der Waals surface area contributed by atoms with Crippen LogP contribution in [-0.2, 0) is 11.2 Å². The summed E-state index contributed by atoms with van der Waals surface area (Å²) in [6.45, 7) is 4.83. The van der Waals surface area contributed by atoms with Crippen molar-refractivity contribution in [2.75, 3.05) is 13.7 Å². The average Bonchev–Trinajstić information content (AvgIpc) is 2.40. The fraction of sp³-hybridized carbons (Fsp3) is 0.500. The van der Waals surface area contributed by atoms with E-state index in [0.29, 0.717) is 6.61 Å². The normalized spacial score (nSPS) is 24.5. The largest absolute Gasteiger partial charge is 0.485 e. The van der Waals surface area contributed by atoms with Crippen molar-refractivity contribution in [1.82, 2.24) is 0 Å². The molecule has 0 saturated carbocycles. The third-order valence-corrected chi connectivity index (χ3v) is 2.59. The lowest BCUT2D eigenvalue weighted by Crippen LogP contribution is -2.35. The Labute approximate surface area is 84.8 Å². The molecule has 1 atom stereocenters. The van der Waals surface area contributed by atoms with Crippen LogP contribution < -0.4 is 4.74 Å². The van der Waals surface area contributed by atoms with E-state index in [-0.39, 0.29) is 5.60 Å². The third kappa shape index (κ3) is 1.62. The van der Waals surface area contributed by atoms with Gasteiger partial charge in [0.05, 0.1) is 6.61 Å². The predicted molar refractivity (Wildman–Crippen MR) is 55.8 cm³/mol. The average molecular weight is 192 g/mol. The molecule has 0 saturated heterocycles. The molecule has 14 heavy (non-hydrogen) atoms. The van der Waals surface area contributed by atoms with Crippen molar-refractivity contribution in [1.29, 1.82) is 0 Å². The molecule has 0 spiro atoms. The molecule has 1 unspecified atom stereocenters. The van der Waals surface area contributed by atoms with Crippen LogP contribution in [0.3, 0.4) is 0 Å². The highest BCUT2D eigenvalue weighted by molar-refractivity contribution is 5.41. The smallest absolute Gasteiger partial charge is 0.134 e. The Morgan fingerprint density at radius 2 is 2.29 bits per heavy atom. The van der Waals surface area contributed by atoms with Gasteiger partial charge in [0.15, 0.2) is 0 Å². The maximum Gasteiger partial charge on any atom is 0.134 e. The van der Waals surface area contributed by atoms with Crippen molar-refractivity contribution >= 4 is 0 Å². The topological polar surface area (TPSA) is 18.5 Å². The Bertz CT molecular complexity index is 346. The number of rotatable bonds is 2. The molecule has 0 aromatic heterocycles. The Hall–Kier alpha value is -1.02. The standard InChI is InChI=1S/C12H16O2/c1-9-4-5-11-10(6-9)7-12(2,14-11)8-13-3/h4-6H,7-8H2,1-3H3. The quantitative estimate of drug-likeness (QED) is 0.716. The SMILES string of the molecule is COCC1(C)Cc2cc(C)ccc2O1. The second-order valence-corrected chi connectivity index (χ2v) is 4.27. The van der Waals surface area contributed by atoms with Crippen LogP contribution in [0.4, 0.5) is 0 Å². The fourth-order valence-corrected chi connectivity index (χ4v) is 2.04. The Morgan fingerprint density at radius 1 is 1.50 bits per heavy atom. The lowest BCUT2D eigenvalue weighted by Gasteiger charge is -2.22. The van der Waals surface area contributed by atoms with Crippen molar-refractivity contribution in [2.45, 2.75) is 25.9 Å². The summed E-state index contributed by atoms with van der Waals surface area (Å²) >= 11 is 0. The summed E-state index contributed by atoms with van der Waals surface area (Å²) in [4.78, 5) is 0. The van der Waals surface area contributed by atoms with Crippen molar-refractivity contribution in [3.05, 3.63) is 29.3 Å². The molecule has 1 aliphatic heterocycles. The molecular formula is C12H16O2. The van der Waals surface area contributed by atoms with Crippen LogP contribution in [0.1, 0.15) is 18.1 Å². The monoisotopic (exact) mass is 192 g/mol. The molecule has 1 heterocycles. The summed E-state index contributed by atoms with van der Waals surface area (Å²) in [5.74, 6) is 1.01. The summed E-state index contributed by atoms with van der Waals surface area (Å²) in [6.07, 6.45) is 0.942. The van der Waals surface area contributed by atoms with Gasteiger partial charge in [0.25, 0.3) is 0 Å². The molecule has 0 bridgehead atoms. The molecule has 2 heteroatoms. The van der Waals surface area contributed by atoms with Crippen LogP contribution in [-0.4, -0.2) is 19.3 Å². The first kappa shape index (κ1) is 9.53. The molecule has 0 fully saturated rings. The number of methoxy groups -OCH3 is 1. The maximum atomic E-state index is 5.86. The van der Waals surface area contributed by atoms with Crippen molar-refractivity contribution in [2.24, 2.45) is 0 Å². The summed E-state index contributed by atoms with van der Waals surface area (Å²) in [5, 5.41) is 0. The minimum absolute atomic E-state index is 0.176. The molecule has 0 radical (unpaired) electrons. The van der Waals surface area contributed by atoms with Crippen LogP contribution in [0, 0.1) is 6.92 Å². The summed E-state index contributed by atoms with van der Waals surface area (Å²) in [7, 11) is 1.71. The van der Waals surface area contributed by atoms with E-state index in [1.165, 1.54) is 11.1 Å². The summed E-state index contributed by atoms with van der Waals surface area (Å²) in [6, 6.07) is 6.32. The number of aryl methyl sites for hydroxylation is 1. The van der Waals surface area contributed by atoms with Gasteiger partial charge in [-0.25, -0.2) is 0 Å². The molecule has 0 aliphatic carbocycles. The third-order valence-electron chi connectivity index (χ3n) is 2.59. The maximum absolute atomic E-state index is 5.86. The van der Waals surface area contributed by atoms with Gasteiger partial charge in [0.2, 0.25) is 0 Å². The van der Waals surface area contributed by atoms with Gasteiger partial charge in [-0.2, -0.15) is 0 Å². The van der Waals surface area contributed by atoms with Crippen molar-refractivity contribution in [3.63, 3.8) is 0 Å². The van der Waals surface area contributed by atoms with Crippen LogP contribution in [0.2, 0.25) is 0 Å². The van der Waals surface area contributed by atoms with Gasteiger partial charge in [-0.3, -0.25) is 0 Å². The van der Waals surface area contributed by atoms with E-state index in [1.807, 2.05) is 6.07 Å². The van der Waals surface area contributed by atoms with E-state index in [0.717, 1.165) is 12.2 Å². The van der Waals surface area contributed by atoms with Gasteiger partial charge >= 0.3 is 0 Å². The molecule has 1 aliphatic rings. The minimum atomic E-state index is -0.176. The summed E-state index contributed by atoms with van der Waals surface area (Å²) in [5.41, 5.74) is 2.41. The van der Waals surface area contributed by atoms with Gasteiger partial charge in [0, 0.05) is 13.5 Å². The lowest BCUT2D eigenvalue weighted by atomic mass is 9.99. The summed E-state index contributed by atoms with van der Waals surface area (Å²) < 4.78 is 11.0. The van der Waals surface area contributed by atoms with E-state index in [4.69, 9.17) is 9.47 Å². The zero-order valence-corrected chi connectivity index (χ0v) is 8.96. The number of hydrogen-bond donors (Lipinski definition) is 0. The molecule has 0 N–H and O–H groups in total. The lowest BCUT2D eigenvalue weighted by molar-refractivity contribution is 0.0205. The van der Waals surface area contributed by atoms with E-state index in [2.05, 4.69) is 26.0 Å². The zero-order chi connectivity index (χ0) is 10.2. The van der Waals surface area contributed by atoms with Crippen LogP contribution in [0.5, 0.6) is 5.75 Å². The van der Waals surface area contributed by atoms with Crippen LogP contribution in [0.25, 0.3) is 0 Å². The Balaban J connectivity index is 2.25. The number of hydrogen-bond acceptors (Lipinski definition) is 2. The van der Waals surface area contributed by atoms with Crippen LogP contribution in [0.15, 0.2) is 18.2 Å². The Kier molecular flexibility index (Phi) is 2.23. The zero-order valence-electron chi connectivity index (χ0n) is 8.96. The highest BCUT2D eigenvalue weighted by atomic mass is 16.5. The van der Waals surface area contributed by atoms with Gasteiger partial charge in [0.1, 0.15) is 11.4 Å². The first-order chi connectivity index (χ1) is 6.63. The number of benzene rings is 1. The van der Waals surface area contributed by atoms with Crippen LogP contribution >= 0.6 is 0 Å². The molecule has 1 aromatic carbocycles. The Morgan fingerprint density at radius 3 is 3.00 bits per heavy atom. The number of ether oxygens (including phenoxy) is 2. The highest BCUT2D eigenvalue weighted by Gasteiger charge is 2.34. The first-order valence-corrected chi connectivity index (χ1v) is 4.90. The highest BCUT2D eigenvalue weighted by Crippen LogP contribution is 2.35. The molecule has 1 aromatic rings. The second kappa shape index (κ2) is 3.28. The molecular weight excluding hydrogens is 176 g/mol. The molecule has 2 nitrogen and oxygen atoms in total. The minimum Gasteiger partial charge on any atom is -0.485 e.